The fourth-order valence-corrected chi connectivity index (χ4v) is 2.69. The number of hydrogen-bond acceptors (Lipinski definition) is 3. The molecule has 3 aromatic carbocycles. The smallest absolute Gasteiger partial charge is 0.231 e. The molecule has 104 valence electrons. The molecule has 1 heterocycles. The second kappa shape index (κ2) is 4.70. The summed E-state index contributed by atoms with van der Waals surface area (Å²) in [7, 11) is 1.67. The van der Waals surface area contributed by atoms with Gasteiger partial charge in [0.1, 0.15) is 5.75 Å². The molecule has 0 spiro atoms. The Morgan fingerprint density at radius 3 is 2.43 bits per heavy atom. The number of hydrogen-bond donors (Lipinski definition) is 0. The number of benzene rings is 3. The molecule has 0 unspecified atom stereocenters. The molecule has 0 radical (unpaired) electrons. The highest BCUT2D eigenvalue weighted by atomic mass is 16.7. The van der Waals surface area contributed by atoms with E-state index in [2.05, 4.69) is 36.4 Å². The van der Waals surface area contributed by atoms with E-state index < -0.39 is 0 Å². The zero-order valence-corrected chi connectivity index (χ0v) is 11.6. The zero-order valence-electron chi connectivity index (χ0n) is 11.6. The number of methoxy groups -OCH3 is 1. The lowest BCUT2D eigenvalue weighted by Gasteiger charge is -2.09. The molecule has 1 aliphatic rings. The van der Waals surface area contributed by atoms with Gasteiger partial charge in [-0.05, 0) is 46.2 Å². The first-order valence-corrected chi connectivity index (χ1v) is 6.82. The predicted octanol–water partition coefficient (Wildman–Crippen LogP) is 4.24. The van der Waals surface area contributed by atoms with E-state index in [1.54, 1.807) is 7.11 Å². The van der Waals surface area contributed by atoms with Gasteiger partial charge in [0.05, 0.1) is 7.11 Å². The number of fused-ring (bicyclic) bond motifs is 2. The van der Waals surface area contributed by atoms with Gasteiger partial charge in [-0.2, -0.15) is 0 Å². The van der Waals surface area contributed by atoms with E-state index in [0.717, 1.165) is 33.6 Å². The van der Waals surface area contributed by atoms with Crippen molar-refractivity contribution in [3.05, 3.63) is 54.6 Å². The second-order valence-corrected chi connectivity index (χ2v) is 4.96. The number of ether oxygens (including phenoxy) is 3. The summed E-state index contributed by atoms with van der Waals surface area (Å²) in [4.78, 5) is 0. The third-order valence-corrected chi connectivity index (χ3v) is 3.77. The van der Waals surface area contributed by atoms with Crippen LogP contribution in [0.2, 0.25) is 0 Å². The molecule has 0 aliphatic carbocycles. The average molecular weight is 278 g/mol. The van der Waals surface area contributed by atoms with Crippen LogP contribution in [0.1, 0.15) is 0 Å². The summed E-state index contributed by atoms with van der Waals surface area (Å²) in [5, 5.41) is 2.31. The minimum Gasteiger partial charge on any atom is -0.497 e. The first kappa shape index (κ1) is 12.1. The predicted molar refractivity (Wildman–Crippen MR) is 82.1 cm³/mol. The summed E-state index contributed by atoms with van der Waals surface area (Å²) in [6.45, 7) is 0.295. The third-order valence-electron chi connectivity index (χ3n) is 3.77. The lowest BCUT2D eigenvalue weighted by atomic mass is 9.98. The van der Waals surface area contributed by atoms with Crippen molar-refractivity contribution in [2.24, 2.45) is 0 Å². The molecule has 3 heteroatoms. The van der Waals surface area contributed by atoms with Crippen LogP contribution in [0.15, 0.2) is 54.6 Å². The normalized spacial score (nSPS) is 12.6. The summed E-state index contributed by atoms with van der Waals surface area (Å²) >= 11 is 0. The SMILES string of the molecule is COc1ccc(-c2cccc3cc4c(cc23)OCO4)cc1. The van der Waals surface area contributed by atoms with Crippen LogP contribution in [0.4, 0.5) is 0 Å². The third kappa shape index (κ3) is 1.98. The van der Waals surface area contributed by atoms with Crippen LogP contribution in [0.3, 0.4) is 0 Å². The highest BCUT2D eigenvalue weighted by molar-refractivity contribution is 5.98. The van der Waals surface area contributed by atoms with Gasteiger partial charge in [-0.1, -0.05) is 30.3 Å². The van der Waals surface area contributed by atoms with Crippen molar-refractivity contribution in [3.8, 4) is 28.4 Å². The molecule has 0 aromatic heterocycles. The van der Waals surface area contributed by atoms with Gasteiger partial charge >= 0.3 is 0 Å². The van der Waals surface area contributed by atoms with Crippen LogP contribution >= 0.6 is 0 Å². The molecule has 0 atom stereocenters. The molecule has 4 rings (SSSR count). The van der Waals surface area contributed by atoms with E-state index in [-0.39, 0.29) is 0 Å². The Morgan fingerprint density at radius 2 is 1.67 bits per heavy atom. The average Bonchev–Trinajstić information content (AvgIpc) is 2.99. The summed E-state index contributed by atoms with van der Waals surface area (Å²) in [6, 6.07) is 18.4. The van der Waals surface area contributed by atoms with Gasteiger partial charge in [-0.3, -0.25) is 0 Å². The summed E-state index contributed by atoms with van der Waals surface area (Å²) in [5.74, 6) is 2.48. The molecule has 0 amide bonds. The van der Waals surface area contributed by atoms with Crippen LogP contribution in [0.5, 0.6) is 17.2 Å². The van der Waals surface area contributed by atoms with Crippen molar-refractivity contribution < 1.29 is 14.2 Å². The van der Waals surface area contributed by atoms with Crippen molar-refractivity contribution >= 4 is 10.8 Å². The van der Waals surface area contributed by atoms with Gasteiger partial charge in [0.2, 0.25) is 6.79 Å². The molecule has 1 aliphatic heterocycles. The van der Waals surface area contributed by atoms with Crippen molar-refractivity contribution in [2.75, 3.05) is 13.9 Å². The summed E-state index contributed by atoms with van der Waals surface area (Å²) in [6.07, 6.45) is 0. The van der Waals surface area contributed by atoms with Gasteiger partial charge in [0, 0.05) is 0 Å². The lowest BCUT2D eigenvalue weighted by Crippen LogP contribution is -1.92. The first-order chi connectivity index (χ1) is 10.3. The maximum atomic E-state index is 5.49. The topological polar surface area (TPSA) is 27.7 Å². The van der Waals surface area contributed by atoms with Crippen LogP contribution in [-0.4, -0.2) is 13.9 Å². The lowest BCUT2D eigenvalue weighted by molar-refractivity contribution is 0.174. The summed E-state index contributed by atoms with van der Waals surface area (Å²) < 4.78 is 16.2. The number of rotatable bonds is 2. The monoisotopic (exact) mass is 278 g/mol. The minimum absolute atomic E-state index is 0.295. The van der Waals surface area contributed by atoms with Crippen molar-refractivity contribution in [2.45, 2.75) is 0 Å². The Hall–Kier alpha value is -2.68. The molecule has 0 saturated carbocycles. The van der Waals surface area contributed by atoms with Gasteiger partial charge in [0.25, 0.3) is 0 Å². The Kier molecular flexibility index (Phi) is 2.71. The van der Waals surface area contributed by atoms with E-state index in [4.69, 9.17) is 14.2 Å². The first-order valence-electron chi connectivity index (χ1n) is 6.82. The maximum Gasteiger partial charge on any atom is 0.231 e. The van der Waals surface area contributed by atoms with Crippen LogP contribution in [0.25, 0.3) is 21.9 Å². The van der Waals surface area contributed by atoms with Crippen molar-refractivity contribution in [1.82, 2.24) is 0 Å². The maximum absolute atomic E-state index is 5.49. The van der Waals surface area contributed by atoms with Crippen molar-refractivity contribution in [3.63, 3.8) is 0 Å². The molecule has 3 nitrogen and oxygen atoms in total. The van der Waals surface area contributed by atoms with E-state index in [1.165, 1.54) is 5.56 Å². The molecule has 3 aromatic rings. The van der Waals surface area contributed by atoms with Gasteiger partial charge in [-0.25, -0.2) is 0 Å². The van der Waals surface area contributed by atoms with E-state index in [0.29, 0.717) is 6.79 Å². The van der Waals surface area contributed by atoms with E-state index in [9.17, 15) is 0 Å². The Balaban J connectivity index is 1.91. The highest BCUT2D eigenvalue weighted by Crippen LogP contribution is 2.39. The Bertz CT molecular complexity index is 807. The molecule has 21 heavy (non-hydrogen) atoms. The van der Waals surface area contributed by atoms with Gasteiger partial charge in [0.15, 0.2) is 11.5 Å². The zero-order chi connectivity index (χ0) is 14.2. The van der Waals surface area contributed by atoms with Crippen LogP contribution in [-0.2, 0) is 0 Å². The summed E-state index contributed by atoms with van der Waals surface area (Å²) in [5.41, 5.74) is 2.33. The fourth-order valence-electron chi connectivity index (χ4n) is 2.69. The second-order valence-electron chi connectivity index (χ2n) is 4.96. The minimum atomic E-state index is 0.295. The molecule has 0 fully saturated rings. The fraction of sp³-hybridized carbons (Fsp3) is 0.111. The Labute approximate surface area is 122 Å². The molecule has 0 saturated heterocycles. The molecule has 0 bridgehead atoms. The molecule has 0 N–H and O–H groups in total. The van der Waals surface area contributed by atoms with Crippen LogP contribution in [0, 0.1) is 0 Å². The van der Waals surface area contributed by atoms with Crippen LogP contribution < -0.4 is 14.2 Å². The van der Waals surface area contributed by atoms with E-state index >= 15 is 0 Å². The molecular formula is C18H14O3. The largest absolute Gasteiger partial charge is 0.497 e. The van der Waals surface area contributed by atoms with Gasteiger partial charge < -0.3 is 14.2 Å². The quantitative estimate of drug-likeness (QED) is 0.701. The standard InChI is InChI=1S/C18H14O3/c1-19-14-7-5-12(6-8-14)15-4-2-3-13-9-17-18(10-16(13)15)21-11-20-17/h2-10H,11H2,1H3. The highest BCUT2D eigenvalue weighted by Gasteiger charge is 2.15. The van der Waals surface area contributed by atoms with Gasteiger partial charge in [-0.15, -0.1) is 0 Å². The molecular weight excluding hydrogens is 264 g/mol. The van der Waals surface area contributed by atoms with E-state index in [1.807, 2.05) is 18.2 Å². The van der Waals surface area contributed by atoms with Crippen molar-refractivity contribution in [1.29, 1.82) is 0 Å². The Morgan fingerprint density at radius 1 is 0.905 bits per heavy atom.